The van der Waals surface area contributed by atoms with E-state index in [1.165, 1.54) is 6.07 Å². The molecule has 0 aliphatic rings. The number of nitrogens with zero attached hydrogens (tertiary/aromatic N) is 1. The van der Waals surface area contributed by atoms with Crippen molar-refractivity contribution < 1.29 is 9.50 Å². The van der Waals surface area contributed by atoms with E-state index in [2.05, 4.69) is 16.9 Å². The molecule has 7 heteroatoms. The molecule has 0 saturated carbocycles. The standard InChI is InChI=1S/C22H17Cl2FN2OS/c1-2-29-13-9-7-12(8-10-13)21(28)22-26-17-11-15(23)18(19(24)20(17)27-22)14-5-3-4-6-16(14)25/h3-11,21,28H,2H2,1H3,(H,26,27). The smallest absolute Gasteiger partial charge is 0.140 e. The van der Waals surface area contributed by atoms with Gasteiger partial charge in [0.05, 0.1) is 15.6 Å². The number of hydrogen-bond acceptors (Lipinski definition) is 3. The summed E-state index contributed by atoms with van der Waals surface area (Å²) in [6, 6.07) is 15.6. The number of imidazole rings is 1. The van der Waals surface area contributed by atoms with Crippen LogP contribution in [-0.2, 0) is 0 Å². The zero-order valence-corrected chi connectivity index (χ0v) is 17.7. The van der Waals surface area contributed by atoms with E-state index in [1.54, 1.807) is 36.0 Å². The van der Waals surface area contributed by atoms with E-state index in [-0.39, 0.29) is 5.02 Å². The maximum Gasteiger partial charge on any atom is 0.140 e. The molecule has 148 valence electrons. The largest absolute Gasteiger partial charge is 0.380 e. The third-order valence-corrected chi connectivity index (χ3v) is 6.16. The van der Waals surface area contributed by atoms with E-state index in [0.29, 0.717) is 38.6 Å². The maximum absolute atomic E-state index is 14.3. The molecule has 0 fully saturated rings. The van der Waals surface area contributed by atoms with Crippen molar-refractivity contribution in [3.63, 3.8) is 0 Å². The van der Waals surface area contributed by atoms with Crippen molar-refractivity contribution in [1.29, 1.82) is 0 Å². The molecular formula is C22H17Cl2FN2OS. The lowest BCUT2D eigenvalue weighted by atomic mass is 10.0. The van der Waals surface area contributed by atoms with Gasteiger partial charge in [0.25, 0.3) is 0 Å². The van der Waals surface area contributed by atoms with Crippen molar-refractivity contribution in [2.24, 2.45) is 0 Å². The number of aromatic amines is 1. The van der Waals surface area contributed by atoms with Crippen LogP contribution in [-0.4, -0.2) is 20.8 Å². The van der Waals surface area contributed by atoms with Crippen molar-refractivity contribution >= 4 is 46.0 Å². The fourth-order valence-corrected chi connectivity index (χ4v) is 4.57. The molecule has 3 nitrogen and oxygen atoms in total. The second-order valence-corrected chi connectivity index (χ2v) is 8.57. The molecule has 1 heterocycles. The van der Waals surface area contributed by atoms with Crippen LogP contribution in [0.4, 0.5) is 4.39 Å². The van der Waals surface area contributed by atoms with Gasteiger partial charge in [0, 0.05) is 16.0 Å². The second-order valence-electron chi connectivity index (χ2n) is 6.45. The van der Waals surface area contributed by atoms with Crippen molar-refractivity contribution in [2.45, 2.75) is 17.9 Å². The molecule has 0 aliphatic carbocycles. The van der Waals surface area contributed by atoms with Gasteiger partial charge in [-0.25, -0.2) is 9.37 Å². The van der Waals surface area contributed by atoms with E-state index in [1.807, 2.05) is 24.3 Å². The average Bonchev–Trinajstić information content (AvgIpc) is 3.14. The van der Waals surface area contributed by atoms with Gasteiger partial charge in [0.2, 0.25) is 0 Å². The highest BCUT2D eigenvalue weighted by molar-refractivity contribution is 7.99. The van der Waals surface area contributed by atoms with Gasteiger partial charge in [0.15, 0.2) is 0 Å². The zero-order chi connectivity index (χ0) is 20.5. The Labute approximate surface area is 181 Å². The maximum atomic E-state index is 14.3. The number of halogens is 3. The average molecular weight is 447 g/mol. The quantitative estimate of drug-likeness (QED) is 0.328. The number of aromatic nitrogens is 2. The summed E-state index contributed by atoms with van der Waals surface area (Å²) in [6.45, 7) is 2.09. The van der Waals surface area contributed by atoms with Crippen LogP contribution in [0.25, 0.3) is 22.2 Å². The van der Waals surface area contributed by atoms with Gasteiger partial charge in [-0.3, -0.25) is 0 Å². The van der Waals surface area contributed by atoms with Gasteiger partial charge in [-0.2, -0.15) is 0 Å². The molecular weight excluding hydrogens is 430 g/mol. The van der Waals surface area contributed by atoms with E-state index in [4.69, 9.17) is 23.2 Å². The molecule has 4 aromatic rings. The van der Waals surface area contributed by atoms with Crippen LogP contribution in [0.2, 0.25) is 10.0 Å². The summed E-state index contributed by atoms with van der Waals surface area (Å²) >= 11 is 14.7. The number of H-pyrrole nitrogens is 1. The van der Waals surface area contributed by atoms with Gasteiger partial charge < -0.3 is 10.1 Å². The third-order valence-electron chi connectivity index (χ3n) is 4.60. The molecule has 29 heavy (non-hydrogen) atoms. The Morgan fingerprint density at radius 1 is 1.14 bits per heavy atom. The zero-order valence-electron chi connectivity index (χ0n) is 15.4. The summed E-state index contributed by atoms with van der Waals surface area (Å²) in [7, 11) is 0. The molecule has 0 spiro atoms. The predicted octanol–water partition coefficient (Wildman–Crippen LogP) is 6.87. The van der Waals surface area contributed by atoms with Crippen LogP contribution in [0.1, 0.15) is 24.4 Å². The van der Waals surface area contributed by atoms with Gasteiger partial charge >= 0.3 is 0 Å². The Balaban J connectivity index is 1.76. The lowest BCUT2D eigenvalue weighted by molar-refractivity contribution is 0.211. The van der Waals surface area contributed by atoms with Crippen LogP contribution in [0.3, 0.4) is 0 Å². The molecule has 4 rings (SSSR count). The highest BCUT2D eigenvalue weighted by atomic mass is 35.5. The van der Waals surface area contributed by atoms with Crippen LogP contribution in [0.5, 0.6) is 0 Å². The molecule has 0 amide bonds. The predicted molar refractivity (Wildman–Crippen MR) is 118 cm³/mol. The van der Waals surface area contributed by atoms with Crippen LogP contribution < -0.4 is 0 Å². The summed E-state index contributed by atoms with van der Waals surface area (Å²) in [5.74, 6) is 0.908. The lowest BCUT2D eigenvalue weighted by Crippen LogP contribution is -2.01. The summed E-state index contributed by atoms with van der Waals surface area (Å²) in [4.78, 5) is 8.70. The molecule has 1 unspecified atom stereocenters. The van der Waals surface area contributed by atoms with Crippen LogP contribution >= 0.6 is 35.0 Å². The van der Waals surface area contributed by atoms with E-state index >= 15 is 0 Å². The fourth-order valence-electron chi connectivity index (χ4n) is 3.21. The molecule has 3 aromatic carbocycles. The Kier molecular flexibility index (Phi) is 5.83. The highest BCUT2D eigenvalue weighted by Gasteiger charge is 2.21. The molecule has 1 aromatic heterocycles. The number of aliphatic hydroxyl groups is 1. The number of benzene rings is 3. The minimum atomic E-state index is -0.949. The Morgan fingerprint density at radius 3 is 2.55 bits per heavy atom. The molecule has 1 atom stereocenters. The van der Waals surface area contributed by atoms with Gasteiger partial charge in [-0.15, -0.1) is 11.8 Å². The minimum absolute atomic E-state index is 0.238. The van der Waals surface area contributed by atoms with Crippen molar-refractivity contribution in [3.8, 4) is 11.1 Å². The molecule has 0 aliphatic heterocycles. The molecule has 0 bridgehead atoms. The first-order valence-electron chi connectivity index (χ1n) is 9.03. The lowest BCUT2D eigenvalue weighted by Gasteiger charge is -2.09. The monoisotopic (exact) mass is 446 g/mol. The topological polar surface area (TPSA) is 48.9 Å². The van der Waals surface area contributed by atoms with E-state index in [0.717, 1.165) is 10.6 Å². The molecule has 0 radical (unpaired) electrons. The second kappa shape index (κ2) is 8.36. The van der Waals surface area contributed by atoms with Gasteiger partial charge in [-0.05, 0) is 35.6 Å². The Bertz CT molecular complexity index is 1180. The van der Waals surface area contributed by atoms with Crippen LogP contribution in [0, 0.1) is 5.82 Å². The van der Waals surface area contributed by atoms with Gasteiger partial charge in [-0.1, -0.05) is 60.5 Å². The van der Waals surface area contributed by atoms with Crippen LogP contribution in [0.15, 0.2) is 59.5 Å². The first-order valence-corrected chi connectivity index (χ1v) is 10.8. The number of thioether (sulfide) groups is 1. The first-order chi connectivity index (χ1) is 14.0. The molecule has 2 N–H and O–H groups in total. The summed E-state index contributed by atoms with van der Waals surface area (Å²) in [5, 5.41) is 11.3. The number of fused-ring (bicyclic) bond motifs is 1. The SMILES string of the molecule is CCSc1ccc(C(O)c2nc3c(Cl)c(-c4ccccc4F)c(Cl)cc3[nH]2)cc1. The number of nitrogens with one attached hydrogen (secondary N) is 1. The van der Waals surface area contributed by atoms with Crippen molar-refractivity contribution in [1.82, 2.24) is 9.97 Å². The Hall–Kier alpha value is -2.05. The van der Waals surface area contributed by atoms with Gasteiger partial charge in [0.1, 0.15) is 23.3 Å². The number of aliphatic hydroxyl groups excluding tert-OH is 1. The molecule has 0 saturated heterocycles. The normalized spacial score (nSPS) is 12.4. The minimum Gasteiger partial charge on any atom is -0.380 e. The third kappa shape index (κ3) is 3.88. The van der Waals surface area contributed by atoms with E-state index in [9.17, 15) is 9.50 Å². The summed E-state index contributed by atoms with van der Waals surface area (Å²) in [5.41, 5.74) is 2.40. The van der Waals surface area contributed by atoms with Crippen molar-refractivity contribution in [3.05, 3.63) is 81.8 Å². The number of hydrogen-bond donors (Lipinski definition) is 2. The Morgan fingerprint density at radius 2 is 1.86 bits per heavy atom. The number of rotatable bonds is 5. The highest BCUT2D eigenvalue weighted by Crippen LogP contribution is 2.41. The van der Waals surface area contributed by atoms with Crippen molar-refractivity contribution in [2.75, 3.05) is 5.75 Å². The summed E-state index contributed by atoms with van der Waals surface area (Å²) in [6.07, 6.45) is -0.949. The fraction of sp³-hybridized carbons (Fsp3) is 0.136. The summed E-state index contributed by atoms with van der Waals surface area (Å²) < 4.78 is 14.3. The first kappa shape index (κ1) is 20.2. The van der Waals surface area contributed by atoms with E-state index < -0.39 is 11.9 Å².